The number of fused-ring (bicyclic) bond motifs is 1. The molecule has 0 amide bonds. The van der Waals surface area contributed by atoms with Crippen LogP contribution in [0.2, 0.25) is 0 Å². The average molecular weight is 401 g/mol. The van der Waals surface area contributed by atoms with Crippen molar-refractivity contribution in [2.45, 2.75) is 58.3 Å². The van der Waals surface area contributed by atoms with Gasteiger partial charge in [-0.15, -0.1) is 0 Å². The fourth-order valence-corrected chi connectivity index (χ4v) is 4.95. The predicted octanol–water partition coefficient (Wildman–Crippen LogP) is 4.30. The Morgan fingerprint density at radius 3 is 2.46 bits per heavy atom. The summed E-state index contributed by atoms with van der Waals surface area (Å²) in [6, 6.07) is 6.65. The Morgan fingerprint density at radius 2 is 1.86 bits per heavy atom. The summed E-state index contributed by atoms with van der Waals surface area (Å²) in [5.74, 6) is 0.398. The number of carbonyl (C=O) groups excluding carboxylic acids is 1. The standard InChI is InChI=1S/C22H28N2O3S/c1-14(2)17-12-19-16(4)20(10-11-22(19,5)21(25)13-17)23-24-28(26,27)18-8-6-15(3)7-9-18/h6-9,17,24H,1,10-13H2,2-5H3/b23-20+/t17-,22-/m0/s1. The maximum Gasteiger partial charge on any atom is 0.276 e. The van der Waals surface area contributed by atoms with E-state index >= 15 is 0 Å². The highest BCUT2D eigenvalue weighted by atomic mass is 32.2. The Kier molecular flexibility index (Phi) is 5.36. The predicted molar refractivity (Wildman–Crippen MR) is 112 cm³/mol. The van der Waals surface area contributed by atoms with Crippen LogP contribution in [0.4, 0.5) is 0 Å². The summed E-state index contributed by atoms with van der Waals surface area (Å²) < 4.78 is 25.1. The highest BCUT2D eigenvalue weighted by Crippen LogP contribution is 2.49. The minimum absolute atomic E-state index is 0.147. The smallest absolute Gasteiger partial charge is 0.276 e. The van der Waals surface area contributed by atoms with Gasteiger partial charge in [-0.3, -0.25) is 4.79 Å². The molecule has 0 heterocycles. The van der Waals surface area contributed by atoms with Gasteiger partial charge in [0.25, 0.3) is 10.0 Å². The second-order valence-electron chi connectivity index (χ2n) is 8.28. The summed E-state index contributed by atoms with van der Waals surface area (Å²) in [6.45, 7) is 11.9. The molecule has 28 heavy (non-hydrogen) atoms. The fourth-order valence-electron chi connectivity index (χ4n) is 4.12. The molecule has 1 saturated carbocycles. The molecule has 0 aromatic heterocycles. The van der Waals surface area contributed by atoms with Crippen molar-refractivity contribution in [2.24, 2.45) is 16.4 Å². The number of hydrogen-bond donors (Lipinski definition) is 1. The van der Waals surface area contributed by atoms with Crippen molar-refractivity contribution in [1.82, 2.24) is 4.83 Å². The van der Waals surface area contributed by atoms with Crippen LogP contribution in [0.25, 0.3) is 0 Å². The zero-order valence-corrected chi connectivity index (χ0v) is 17.8. The number of hydrogen-bond acceptors (Lipinski definition) is 4. The van der Waals surface area contributed by atoms with E-state index in [9.17, 15) is 13.2 Å². The van der Waals surface area contributed by atoms with Crippen molar-refractivity contribution in [2.75, 3.05) is 0 Å². The third kappa shape index (κ3) is 3.70. The number of aryl methyl sites for hydroxylation is 1. The van der Waals surface area contributed by atoms with E-state index in [2.05, 4.69) is 16.5 Å². The Morgan fingerprint density at radius 1 is 1.21 bits per heavy atom. The Hall–Kier alpha value is -2.21. The molecule has 2 atom stereocenters. The SMILES string of the molecule is C=C(C)[C@@H]1CC(=O)[C@@]2(C)CC/C(=N\NS(=O)(=O)c3ccc(C)cc3)C(C)=C2C1. The zero-order valence-electron chi connectivity index (χ0n) is 17.0. The molecule has 5 nitrogen and oxygen atoms in total. The number of Topliss-reactive ketones (excluding diaryl/α,β-unsaturated/α-hetero) is 1. The lowest BCUT2D eigenvalue weighted by Gasteiger charge is -2.43. The largest absolute Gasteiger partial charge is 0.299 e. The summed E-state index contributed by atoms with van der Waals surface area (Å²) in [4.78, 5) is 15.4. The van der Waals surface area contributed by atoms with Gasteiger partial charge in [-0.05, 0) is 70.6 Å². The van der Waals surface area contributed by atoms with Crippen LogP contribution in [0, 0.1) is 18.3 Å². The molecule has 3 rings (SSSR count). The van der Waals surface area contributed by atoms with Crippen molar-refractivity contribution in [3.05, 3.63) is 53.1 Å². The van der Waals surface area contributed by atoms with Crippen LogP contribution in [0.15, 0.2) is 57.6 Å². The quantitative estimate of drug-likeness (QED) is 0.605. The first-order valence-electron chi connectivity index (χ1n) is 9.59. The highest BCUT2D eigenvalue weighted by Gasteiger charge is 2.46. The van der Waals surface area contributed by atoms with E-state index in [-0.39, 0.29) is 16.6 Å². The average Bonchev–Trinajstić information content (AvgIpc) is 2.63. The number of nitrogens with one attached hydrogen (secondary N) is 1. The molecule has 1 aromatic carbocycles. The zero-order chi connectivity index (χ0) is 20.7. The summed E-state index contributed by atoms with van der Waals surface area (Å²) in [7, 11) is -3.72. The summed E-state index contributed by atoms with van der Waals surface area (Å²) in [5, 5.41) is 4.24. The first-order chi connectivity index (χ1) is 13.0. The van der Waals surface area contributed by atoms with Crippen LogP contribution in [0.3, 0.4) is 0 Å². The number of allylic oxidation sites excluding steroid dienone is 3. The van der Waals surface area contributed by atoms with Crippen molar-refractivity contribution < 1.29 is 13.2 Å². The molecule has 150 valence electrons. The van der Waals surface area contributed by atoms with Crippen LogP contribution >= 0.6 is 0 Å². The summed E-state index contributed by atoms with van der Waals surface area (Å²) >= 11 is 0. The van der Waals surface area contributed by atoms with E-state index in [1.165, 1.54) is 0 Å². The van der Waals surface area contributed by atoms with E-state index in [1.54, 1.807) is 24.3 Å². The Balaban J connectivity index is 1.91. The molecule has 2 aliphatic carbocycles. The molecular formula is C22H28N2O3S. The van der Waals surface area contributed by atoms with Crippen LogP contribution < -0.4 is 4.83 Å². The van der Waals surface area contributed by atoms with Crippen LogP contribution in [-0.4, -0.2) is 19.9 Å². The first kappa shape index (κ1) is 20.5. The molecule has 0 unspecified atom stereocenters. The minimum atomic E-state index is -3.72. The molecule has 2 aliphatic rings. The van der Waals surface area contributed by atoms with Gasteiger partial charge < -0.3 is 0 Å². The topological polar surface area (TPSA) is 75.6 Å². The minimum Gasteiger partial charge on any atom is -0.299 e. The number of rotatable bonds is 4. The number of carbonyl (C=O) groups is 1. The van der Waals surface area contributed by atoms with E-state index < -0.39 is 15.4 Å². The van der Waals surface area contributed by atoms with Crippen LogP contribution in [0.5, 0.6) is 0 Å². The molecule has 1 fully saturated rings. The fraction of sp³-hybridized carbons (Fsp3) is 0.455. The lowest BCUT2D eigenvalue weighted by molar-refractivity contribution is -0.128. The molecule has 0 spiro atoms. The van der Waals surface area contributed by atoms with E-state index in [0.29, 0.717) is 25.0 Å². The van der Waals surface area contributed by atoms with Gasteiger partial charge in [0.15, 0.2) is 0 Å². The molecule has 1 aromatic rings. The molecular weight excluding hydrogens is 372 g/mol. The van der Waals surface area contributed by atoms with E-state index in [1.807, 2.05) is 27.7 Å². The number of nitrogens with zero attached hydrogens (tertiary/aromatic N) is 1. The third-order valence-electron chi connectivity index (χ3n) is 6.24. The second-order valence-corrected chi connectivity index (χ2v) is 9.94. The van der Waals surface area contributed by atoms with Crippen LogP contribution in [-0.2, 0) is 14.8 Å². The molecule has 0 saturated heterocycles. The number of benzene rings is 1. The van der Waals surface area contributed by atoms with Gasteiger partial charge in [0, 0.05) is 11.8 Å². The molecule has 1 N–H and O–H groups in total. The van der Waals surface area contributed by atoms with Gasteiger partial charge in [0.05, 0.1) is 10.6 Å². The summed E-state index contributed by atoms with van der Waals surface area (Å²) in [5.41, 5.74) is 4.26. The van der Waals surface area contributed by atoms with Crippen molar-refractivity contribution in [3.63, 3.8) is 0 Å². The highest BCUT2D eigenvalue weighted by molar-refractivity contribution is 7.89. The van der Waals surface area contributed by atoms with Crippen molar-refractivity contribution in [1.29, 1.82) is 0 Å². The maximum absolute atomic E-state index is 12.8. The van der Waals surface area contributed by atoms with Crippen molar-refractivity contribution in [3.8, 4) is 0 Å². The second kappa shape index (κ2) is 7.32. The third-order valence-corrected chi connectivity index (χ3v) is 7.46. The van der Waals surface area contributed by atoms with Gasteiger partial charge in [0.1, 0.15) is 5.78 Å². The van der Waals surface area contributed by atoms with Gasteiger partial charge in [-0.2, -0.15) is 18.4 Å². The monoisotopic (exact) mass is 400 g/mol. The van der Waals surface area contributed by atoms with Gasteiger partial charge in [-0.1, -0.05) is 35.4 Å². The van der Waals surface area contributed by atoms with Gasteiger partial charge in [-0.25, -0.2) is 0 Å². The van der Waals surface area contributed by atoms with Gasteiger partial charge in [0.2, 0.25) is 0 Å². The number of hydrazone groups is 1. The normalized spacial score (nSPS) is 26.9. The van der Waals surface area contributed by atoms with Crippen LogP contribution in [0.1, 0.15) is 52.0 Å². The molecule has 0 aliphatic heterocycles. The maximum atomic E-state index is 12.8. The Labute approximate surface area is 167 Å². The molecule has 0 bridgehead atoms. The molecule has 6 heteroatoms. The summed E-state index contributed by atoms with van der Waals surface area (Å²) in [6.07, 6.45) is 2.56. The van der Waals surface area contributed by atoms with Crippen molar-refractivity contribution >= 4 is 21.5 Å². The number of sulfonamides is 1. The lowest BCUT2D eigenvalue weighted by atomic mass is 9.60. The molecule has 0 radical (unpaired) electrons. The number of ketones is 1. The van der Waals surface area contributed by atoms with E-state index in [0.717, 1.165) is 28.7 Å². The first-order valence-corrected chi connectivity index (χ1v) is 11.1. The Bertz CT molecular complexity index is 987. The van der Waals surface area contributed by atoms with E-state index in [4.69, 9.17) is 0 Å². The van der Waals surface area contributed by atoms with Gasteiger partial charge >= 0.3 is 0 Å². The lowest BCUT2D eigenvalue weighted by Crippen LogP contribution is -2.41.